The van der Waals surface area contributed by atoms with E-state index in [9.17, 15) is 4.79 Å². The van der Waals surface area contributed by atoms with Gasteiger partial charge in [0, 0.05) is 36.6 Å². The number of hydrogen-bond acceptors (Lipinski definition) is 5. The highest BCUT2D eigenvalue weighted by Crippen LogP contribution is 2.22. The van der Waals surface area contributed by atoms with Crippen molar-refractivity contribution in [2.45, 2.75) is 26.7 Å². The van der Waals surface area contributed by atoms with Crippen LogP contribution in [0.1, 0.15) is 26.0 Å². The second kappa shape index (κ2) is 8.51. The van der Waals surface area contributed by atoms with Gasteiger partial charge in [-0.15, -0.1) is 11.3 Å². The van der Waals surface area contributed by atoms with Crippen molar-refractivity contribution in [3.05, 3.63) is 35.3 Å². The van der Waals surface area contributed by atoms with Crippen LogP contribution in [0.25, 0.3) is 0 Å². The maximum absolute atomic E-state index is 11.0. The van der Waals surface area contributed by atoms with Crippen LogP contribution in [0, 0.1) is 0 Å². The number of hydrogen-bond donors (Lipinski definition) is 3. The van der Waals surface area contributed by atoms with Crippen LogP contribution < -0.4 is 16.0 Å². The van der Waals surface area contributed by atoms with E-state index < -0.39 is 0 Å². The van der Waals surface area contributed by atoms with E-state index in [-0.39, 0.29) is 5.91 Å². The second-order valence-electron chi connectivity index (χ2n) is 5.03. The molecule has 22 heavy (non-hydrogen) atoms. The Morgan fingerprint density at radius 1 is 1.18 bits per heavy atom. The van der Waals surface area contributed by atoms with Crippen LogP contribution in [-0.4, -0.2) is 24.0 Å². The number of anilines is 3. The van der Waals surface area contributed by atoms with Crippen molar-refractivity contribution in [2.75, 3.05) is 23.7 Å². The molecule has 0 fully saturated rings. The third-order valence-corrected chi connectivity index (χ3v) is 3.80. The summed E-state index contributed by atoms with van der Waals surface area (Å²) >= 11 is 1.60. The minimum Gasteiger partial charge on any atom is -0.332 e. The second-order valence-corrected chi connectivity index (χ2v) is 5.89. The lowest BCUT2D eigenvalue weighted by molar-refractivity contribution is -0.114. The molecule has 1 heterocycles. The lowest BCUT2D eigenvalue weighted by Crippen LogP contribution is -2.17. The fourth-order valence-corrected chi connectivity index (χ4v) is 2.73. The summed E-state index contributed by atoms with van der Waals surface area (Å²) < 4.78 is 0. The average Bonchev–Trinajstić information content (AvgIpc) is 2.93. The van der Waals surface area contributed by atoms with E-state index in [2.05, 4.69) is 33.2 Å². The topological polar surface area (TPSA) is 66.0 Å². The Bertz CT molecular complexity index is 594. The summed E-state index contributed by atoms with van der Waals surface area (Å²) in [6.07, 6.45) is 2.10. The number of rotatable bonds is 8. The third kappa shape index (κ3) is 5.46. The lowest BCUT2D eigenvalue weighted by Gasteiger charge is -2.05. The minimum atomic E-state index is -0.0676. The molecule has 6 heteroatoms. The number of nitrogens with one attached hydrogen (secondary N) is 3. The molecule has 0 saturated carbocycles. The zero-order valence-corrected chi connectivity index (χ0v) is 13.8. The first-order chi connectivity index (χ1) is 10.7. The molecule has 0 unspecified atom stereocenters. The van der Waals surface area contributed by atoms with Crippen LogP contribution >= 0.6 is 11.3 Å². The van der Waals surface area contributed by atoms with Crippen LogP contribution in [0.2, 0.25) is 0 Å². The van der Waals surface area contributed by atoms with Crippen molar-refractivity contribution < 1.29 is 4.79 Å². The Morgan fingerprint density at radius 3 is 2.59 bits per heavy atom. The lowest BCUT2D eigenvalue weighted by atomic mass is 10.3. The fraction of sp³-hybridized carbons (Fsp3) is 0.375. The fourth-order valence-electron chi connectivity index (χ4n) is 1.96. The molecule has 1 aromatic carbocycles. The molecule has 118 valence electrons. The van der Waals surface area contributed by atoms with Gasteiger partial charge in [0.15, 0.2) is 5.13 Å². The normalized spacial score (nSPS) is 10.5. The maximum atomic E-state index is 11.0. The number of amides is 1. The van der Waals surface area contributed by atoms with Crippen molar-refractivity contribution in [3.63, 3.8) is 0 Å². The van der Waals surface area contributed by atoms with Gasteiger partial charge in [-0.1, -0.05) is 6.92 Å². The molecule has 2 rings (SSSR count). The smallest absolute Gasteiger partial charge is 0.221 e. The SMILES string of the molecule is CCCNCCc1csc(Nc2ccc(NC(C)=O)cc2)n1. The van der Waals surface area contributed by atoms with Crippen molar-refractivity contribution in [2.24, 2.45) is 0 Å². The van der Waals surface area contributed by atoms with Gasteiger partial charge in [0.2, 0.25) is 5.91 Å². The van der Waals surface area contributed by atoms with Crippen molar-refractivity contribution in [3.8, 4) is 0 Å². The van der Waals surface area contributed by atoms with E-state index >= 15 is 0 Å². The average molecular weight is 318 g/mol. The molecule has 0 aliphatic heterocycles. The van der Waals surface area contributed by atoms with E-state index in [1.165, 1.54) is 6.92 Å². The highest BCUT2D eigenvalue weighted by molar-refractivity contribution is 7.13. The maximum Gasteiger partial charge on any atom is 0.221 e. The zero-order valence-electron chi connectivity index (χ0n) is 13.0. The van der Waals surface area contributed by atoms with Crippen LogP contribution in [0.15, 0.2) is 29.6 Å². The van der Waals surface area contributed by atoms with Crippen LogP contribution in [0.4, 0.5) is 16.5 Å². The summed E-state index contributed by atoms with van der Waals surface area (Å²) in [6.45, 7) is 5.67. The van der Waals surface area contributed by atoms with Gasteiger partial charge in [-0.05, 0) is 37.2 Å². The highest BCUT2D eigenvalue weighted by atomic mass is 32.1. The molecule has 0 atom stereocenters. The molecule has 2 aromatic rings. The first-order valence-electron chi connectivity index (χ1n) is 7.47. The minimum absolute atomic E-state index is 0.0676. The summed E-state index contributed by atoms with van der Waals surface area (Å²) in [4.78, 5) is 15.6. The van der Waals surface area contributed by atoms with E-state index in [1.807, 2.05) is 24.3 Å². The van der Waals surface area contributed by atoms with Gasteiger partial charge in [-0.2, -0.15) is 0 Å². The monoisotopic (exact) mass is 318 g/mol. The van der Waals surface area contributed by atoms with Gasteiger partial charge in [0.25, 0.3) is 0 Å². The molecule has 0 saturated heterocycles. The zero-order chi connectivity index (χ0) is 15.8. The first-order valence-corrected chi connectivity index (χ1v) is 8.35. The van der Waals surface area contributed by atoms with Crippen molar-refractivity contribution in [1.29, 1.82) is 0 Å². The third-order valence-electron chi connectivity index (χ3n) is 2.99. The standard InChI is InChI=1S/C16H22N4OS/c1-3-9-17-10-8-15-11-22-16(20-15)19-14-6-4-13(5-7-14)18-12(2)21/h4-7,11,17H,3,8-10H2,1-2H3,(H,18,21)(H,19,20). The predicted octanol–water partition coefficient (Wildman–Crippen LogP) is 3.39. The van der Waals surface area contributed by atoms with Gasteiger partial charge >= 0.3 is 0 Å². The summed E-state index contributed by atoms with van der Waals surface area (Å²) in [5.74, 6) is -0.0676. The Kier molecular flexibility index (Phi) is 6.36. The Morgan fingerprint density at radius 2 is 1.91 bits per heavy atom. The van der Waals surface area contributed by atoms with Gasteiger partial charge in [-0.3, -0.25) is 4.79 Å². The highest BCUT2D eigenvalue weighted by Gasteiger charge is 2.03. The molecule has 1 aromatic heterocycles. The number of aromatic nitrogens is 1. The largest absolute Gasteiger partial charge is 0.332 e. The van der Waals surface area contributed by atoms with E-state index in [4.69, 9.17) is 0 Å². The summed E-state index contributed by atoms with van der Waals surface area (Å²) in [5.41, 5.74) is 2.85. The van der Waals surface area contributed by atoms with E-state index in [0.717, 1.165) is 48.1 Å². The molecular formula is C16H22N4OS. The van der Waals surface area contributed by atoms with Crippen LogP contribution in [0.5, 0.6) is 0 Å². The summed E-state index contributed by atoms with van der Waals surface area (Å²) in [7, 11) is 0. The molecule has 1 amide bonds. The molecule has 0 aliphatic rings. The van der Waals surface area contributed by atoms with E-state index in [1.54, 1.807) is 11.3 Å². The quantitative estimate of drug-likeness (QED) is 0.653. The van der Waals surface area contributed by atoms with Crippen LogP contribution in [-0.2, 0) is 11.2 Å². The molecule has 3 N–H and O–H groups in total. The van der Waals surface area contributed by atoms with Crippen molar-refractivity contribution >= 4 is 33.8 Å². The molecule has 5 nitrogen and oxygen atoms in total. The van der Waals surface area contributed by atoms with E-state index in [0.29, 0.717) is 0 Å². The Balaban J connectivity index is 1.85. The van der Waals surface area contributed by atoms with Gasteiger partial charge in [-0.25, -0.2) is 4.98 Å². The van der Waals surface area contributed by atoms with Crippen molar-refractivity contribution in [1.82, 2.24) is 10.3 Å². The number of carbonyl (C=O) groups excluding carboxylic acids is 1. The number of carbonyl (C=O) groups is 1. The van der Waals surface area contributed by atoms with Gasteiger partial charge in [0.1, 0.15) is 0 Å². The van der Waals surface area contributed by atoms with Crippen LogP contribution in [0.3, 0.4) is 0 Å². The van der Waals surface area contributed by atoms with Gasteiger partial charge < -0.3 is 16.0 Å². The number of nitrogens with zero attached hydrogens (tertiary/aromatic N) is 1. The first kappa shape index (κ1) is 16.5. The molecule has 0 spiro atoms. The van der Waals surface area contributed by atoms with Gasteiger partial charge in [0.05, 0.1) is 5.69 Å². The predicted molar refractivity (Wildman–Crippen MR) is 93.0 cm³/mol. The summed E-state index contributed by atoms with van der Waals surface area (Å²) in [6, 6.07) is 7.59. The number of thiazole rings is 1. The molecule has 0 aliphatic carbocycles. The molecule has 0 radical (unpaired) electrons. The Hall–Kier alpha value is -1.92. The summed E-state index contributed by atoms with van der Waals surface area (Å²) in [5, 5.41) is 12.4. The Labute approximate surface area is 135 Å². The number of benzene rings is 1. The molecule has 0 bridgehead atoms. The molecular weight excluding hydrogens is 296 g/mol.